The number of nitrogens with one attached hydrogen (secondary N) is 1. The van der Waals surface area contributed by atoms with Crippen LogP contribution in [0.2, 0.25) is 0 Å². The van der Waals surface area contributed by atoms with Crippen molar-refractivity contribution in [2.75, 3.05) is 12.0 Å². The predicted octanol–water partition coefficient (Wildman–Crippen LogP) is 0.885. The van der Waals surface area contributed by atoms with Crippen molar-refractivity contribution in [1.82, 2.24) is 5.32 Å². The van der Waals surface area contributed by atoms with Gasteiger partial charge in [-0.15, -0.1) is 0 Å². The highest BCUT2D eigenvalue weighted by atomic mass is 32.2. The molecule has 0 aromatic rings. The molecular weight excluding hydrogens is 202 g/mol. The fraction of sp³-hybridized carbons (Fsp3) is 0.556. The number of carboxylic acid groups (broad SMARTS) is 1. The van der Waals surface area contributed by atoms with Crippen LogP contribution in [0.5, 0.6) is 0 Å². The van der Waals surface area contributed by atoms with E-state index in [1.54, 1.807) is 24.8 Å². The van der Waals surface area contributed by atoms with Gasteiger partial charge in [0.2, 0.25) is 5.91 Å². The van der Waals surface area contributed by atoms with E-state index in [2.05, 4.69) is 5.32 Å². The van der Waals surface area contributed by atoms with Gasteiger partial charge in [-0.2, -0.15) is 11.8 Å². The van der Waals surface area contributed by atoms with Gasteiger partial charge in [-0.25, -0.2) is 4.79 Å². The fourth-order valence-corrected chi connectivity index (χ4v) is 1.34. The number of thioether (sulfide) groups is 1. The van der Waals surface area contributed by atoms with Gasteiger partial charge in [0, 0.05) is 0 Å². The number of aliphatic carboxylic acids is 1. The highest BCUT2D eigenvalue weighted by molar-refractivity contribution is 7.98. The Kier molecular flexibility index (Phi) is 6.92. The Bertz CT molecular complexity index is 228. The second-order valence-corrected chi connectivity index (χ2v) is 3.67. The van der Waals surface area contributed by atoms with Gasteiger partial charge in [-0.1, -0.05) is 6.08 Å². The lowest BCUT2D eigenvalue weighted by molar-refractivity contribution is -0.141. The zero-order chi connectivity index (χ0) is 11.0. The summed E-state index contributed by atoms with van der Waals surface area (Å²) in [4.78, 5) is 21.8. The molecule has 0 heterocycles. The predicted molar refractivity (Wildman–Crippen MR) is 57.4 cm³/mol. The molecule has 0 aliphatic rings. The number of carbonyl (C=O) groups is 2. The lowest BCUT2D eigenvalue weighted by Crippen LogP contribution is -2.40. The van der Waals surface area contributed by atoms with E-state index >= 15 is 0 Å². The van der Waals surface area contributed by atoms with Crippen molar-refractivity contribution in [2.24, 2.45) is 0 Å². The Hall–Kier alpha value is -0.970. The Balaban J connectivity index is 4.08. The van der Waals surface area contributed by atoms with E-state index in [0.29, 0.717) is 12.2 Å². The molecule has 14 heavy (non-hydrogen) atoms. The van der Waals surface area contributed by atoms with E-state index in [1.165, 1.54) is 6.08 Å². The van der Waals surface area contributed by atoms with Gasteiger partial charge in [-0.05, 0) is 31.4 Å². The fourth-order valence-electron chi connectivity index (χ4n) is 0.864. The minimum atomic E-state index is -0.989. The van der Waals surface area contributed by atoms with E-state index in [4.69, 9.17) is 5.11 Å². The monoisotopic (exact) mass is 217 g/mol. The molecule has 0 radical (unpaired) electrons. The third kappa shape index (κ3) is 5.64. The van der Waals surface area contributed by atoms with E-state index in [0.717, 1.165) is 0 Å². The highest BCUT2D eigenvalue weighted by Gasteiger charge is 2.17. The van der Waals surface area contributed by atoms with Crippen molar-refractivity contribution < 1.29 is 14.7 Å². The Morgan fingerprint density at radius 2 is 2.21 bits per heavy atom. The van der Waals surface area contributed by atoms with Crippen LogP contribution < -0.4 is 5.32 Å². The molecule has 1 atom stereocenters. The van der Waals surface area contributed by atoms with Crippen LogP contribution in [-0.2, 0) is 9.59 Å². The number of carboxylic acids is 1. The van der Waals surface area contributed by atoms with Crippen LogP contribution in [0.4, 0.5) is 0 Å². The summed E-state index contributed by atoms with van der Waals surface area (Å²) in [6.07, 6.45) is 5.23. The third-order valence-corrected chi connectivity index (χ3v) is 2.19. The molecule has 1 amide bonds. The third-order valence-electron chi connectivity index (χ3n) is 1.54. The summed E-state index contributed by atoms with van der Waals surface area (Å²) in [5.41, 5.74) is 0. The summed E-state index contributed by atoms with van der Waals surface area (Å²) < 4.78 is 0. The average molecular weight is 217 g/mol. The number of amides is 1. The van der Waals surface area contributed by atoms with Crippen molar-refractivity contribution in [3.8, 4) is 0 Å². The van der Waals surface area contributed by atoms with Crippen molar-refractivity contribution in [2.45, 2.75) is 19.4 Å². The average Bonchev–Trinajstić information content (AvgIpc) is 2.12. The van der Waals surface area contributed by atoms with Crippen LogP contribution in [0.1, 0.15) is 13.3 Å². The van der Waals surface area contributed by atoms with Crippen LogP contribution in [0.3, 0.4) is 0 Å². The molecule has 0 bridgehead atoms. The highest BCUT2D eigenvalue weighted by Crippen LogP contribution is 2.00. The maximum atomic E-state index is 11.1. The van der Waals surface area contributed by atoms with Crippen molar-refractivity contribution in [3.63, 3.8) is 0 Å². The molecule has 0 saturated heterocycles. The van der Waals surface area contributed by atoms with Crippen molar-refractivity contribution in [1.29, 1.82) is 0 Å². The quantitative estimate of drug-likeness (QED) is 0.648. The van der Waals surface area contributed by atoms with Crippen molar-refractivity contribution in [3.05, 3.63) is 12.2 Å². The molecular formula is C9H15NO3S. The summed E-state index contributed by atoms with van der Waals surface area (Å²) in [6.45, 7) is 1.71. The van der Waals surface area contributed by atoms with Crippen LogP contribution in [0.15, 0.2) is 12.2 Å². The molecule has 4 nitrogen and oxygen atoms in total. The second kappa shape index (κ2) is 7.44. The zero-order valence-corrected chi connectivity index (χ0v) is 9.13. The normalized spacial score (nSPS) is 12.7. The minimum Gasteiger partial charge on any atom is -0.480 e. The molecule has 0 aromatic carbocycles. The largest absolute Gasteiger partial charge is 0.480 e. The number of hydrogen-bond acceptors (Lipinski definition) is 3. The topological polar surface area (TPSA) is 66.4 Å². The molecule has 0 aromatic heterocycles. The molecule has 0 fully saturated rings. The first-order chi connectivity index (χ1) is 6.61. The summed E-state index contributed by atoms with van der Waals surface area (Å²) in [6, 6.07) is -0.786. The van der Waals surface area contributed by atoms with Crippen LogP contribution >= 0.6 is 11.8 Å². The molecule has 0 aliphatic heterocycles. The lowest BCUT2D eigenvalue weighted by atomic mass is 10.2. The summed E-state index contributed by atoms with van der Waals surface area (Å²) in [5.74, 6) is -0.634. The van der Waals surface area contributed by atoms with Crippen LogP contribution in [-0.4, -0.2) is 35.0 Å². The molecule has 0 saturated carbocycles. The molecule has 0 aliphatic carbocycles. The second-order valence-electron chi connectivity index (χ2n) is 2.68. The number of allylic oxidation sites excluding steroid dienone is 1. The summed E-state index contributed by atoms with van der Waals surface area (Å²) in [7, 11) is 0. The summed E-state index contributed by atoms with van der Waals surface area (Å²) in [5, 5.41) is 11.2. The molecule has 2 N–H and O–H groups in total. The minimum absolute atomic E-state index is 0.360. The van der Waals surface area contributed by atoms with Gasteiger partial charge in [0.25, 0.3) is 0 Å². The SMILES string of the molecule is C/C=C/C(=O)N[C@H](CCSC)C(=O)O. The Morgan fingerprint density at radius 3 is 2.64 bits per heavy atom. The molecule has 0 rings (SSSR count). The standard InChI is InChI=1S/C9H15NO3S/c1-3-4-8(11)10-7(9(12)13)5-6-14-2/h3-4,7H,5-6H2,1-2H3,(H,10,11)(H,12,13)/b4-3+/t7-/m1/s1. The van der Waals surface area contributed by atoms with Gasteiger partial charge in [-0.3, -0.25) is 4.79 Å². The first-order valence-electron chi connectivity index (χ1n) is 4.26. The number of hydrogen-bond donors (Lipinski definition) is 2. The van der Waals surface area contributed by atoms with E-state index < -0.39 is 12.0 Å². The van der Waals surface area contributed by atoms with Crippen LogP contribution in [0.25, 0.3) is 0 Å². The van der Waals surface area contributed by atoms with E-state index in [9.17, 15) is 9.59 Å². The van der Waals surface area contributed by atoms with Gasteiger partial charge < -0.3 is 10.4 Å². The number of carbonyl (C=O) groups excluding carboxylic acids is 1. The smallest absolute Gasteiger partial charge is 0.326 e. The van der Waals surface area contributed by atoms with Gasteiger partial charge in [0.15, 0.2) is 0 Å². The van der Waals surface area contributed by atoms with Gasteiger partial charge in [0.1, 0.15) is 6.04 Å². The Labute approximate surface area is 87.8 Å². The molecule has 5 heteroatoms. The summed E-state index contributed by atoms with van der Waals surface area (Å²) >= 11 is 1.56. The maximum absolute atomic E-state index is 11.1. The van der Waals surface area contributed by atoms with E-state index in [-0.39, 0.29) is 5.91 Å². The lowest BCUT2D eigenvalue weighted by Gasteiger charge is -2.11. The maximum Gasteiger partial charge on any atom is 0.326 e. The zero-order valence-electron chi connectivity index (χ0n) is 8.32. The van der Waals surface area contributed by atoms with Crippen LogP contribution in [0, 0.1) is 0 Å². The first kappa shape index (κ1) is 13.0. The molecule has 0 unspecified atom stereocenters. The molecule has 80 valence electrons. The van der Waals surface area contributed by atoms with Crippen molar-refractivity contribution >= 4 is 23.6 Å². The number of rotatable bonds is 6. The molecule has 0 spiro atoms. The Morgan fingerprint density at radius 1 is 1.57 bits per heavy atom. The van der Waals surface area contributed by atoms with Gasteiger partial charge >= 0.3 is 5.97 Å². The first-order valence-corrected chi connectivity index (χ1v) is 5.66. The van der Waals surface area contributed by atoms with E-state index in [1.807, 2.05) is 6.26 Å². The van der Waals surface area contributed by atoms with Gasteiger partial charge in [0.05, 0.1) is 0 Å².